The number of aromatic nitrogens is 2. The van der Waals surface area contributed by atoms with Crippen molar-refractivity contribution in [3.8, 4) is 22.4 Å². The molecule has 5 nitrogen and oxygen atoms in total. The van der Waals surface area contributed by atoms with Crippen molar-refractivity contribution in [3.63, 3.8) is 0 Å². The Morgan fingerprint density at radius 3 is 2.85 bits per heavy atom. The van der Waals surface area contributed by atoms with Gasteiger partial charge in [0.05, 0.1) is 5.69 Å². The van der Waals surface area contributed by atoms with E-state index in [9.17, 15) is 0 Å². The van der Waals surface area contributed by atoms with Crippen LogP contribution in [0.2, 0.25) is 0 Å². The largest absolute Gasteiger partial charge is 0.453 e. The van der Waals surface area contributed by atoms with Gasteiger partial charge in [0, 0.05) is 5.39 Å². The van der Waals surface area contributed by atoms with E-state index in [4.69, 9.17) is 14.7 Å². The Hall–Kier alpha value is -2.60. The van der Waals surface area contributed by atoms with Crippen molar-refractivity contribution in [2.45, 2.75) is 0 Å². The lowest BCUT2D eigenvalue weighted by atomic mass is 10.2. The highest BCUT2D eigenvalue weighted by Crippen LogP contribution is 2.32. The third-order valence-electron chi connectivity index (χ3n) is 2.96. The molecule has 6 heteroatoms. The first-order valence-corrected chi connectivity index (χ1v) is 6.85. The Morgan fingerprint density at radius 1 is 1.15 bits per heavy atom. The maximum absolute atomic E-state index is 5.84. The SMILES string of the molecule is Nc1ccsc1-c1nc(-c2cc3ccccc3o2)no1. The van der Waals surface area contributed by atoms with E-state index in [0.29, 0.717) is 23.2 Å². The Bertz CT molecular complexity index is 858. The summed E-state index contributed by atoms with van der Waals surface area (Å²) in [4.78, 5) is 5.12. The number of thiophene rings is 1. The van der Waals surface area contributed by atoms with E-state index in [-0.39, 0.29) is 0 Å². The molecule has 0 fully saturated rings. The van der Waals surface area contributed by atoms with Gasteiger partial charge in [0.1, 0.15) is 10.5 Å². The van der Waals surface area contributed by atoms with Crippen LogP contribution in [0.15, 0.2) is 50.7 Å². The van der Waals surface area contributed by atoms with Crippen molar-refractivity contribution < 1.29 is 8.94 Å². The molecule has 3 aromatic heterocycles. The average Bonchev–Trinajstić information content (AvgIpc) is 3.15. The molecule has 0 aliphatic carbocycles. The Morgan fingerprint density at radius 2 is 2.05 bits per heavy atom. The molecule has 0 radical (unpaired) electrons. The van der Waals surface area contributed by atoms with E-state index in [0.717, 1.165) is 15.8 Å². The molecule has 0 saturated carbocycles. The summed E-state index contributed by atoms with van der Waals surface area (Å²) in [6, 6.07) is 11.4. The van der Waals surface area contributed by atoms with Crippen molar-refractivity contribution in [1.29, 1.82) is 0 Å². The second-order valence-electron chi connectivity index (χ2n) is 4.28. The van der Waals surface area contributed by atoms with Crippen molar-refractivity contribution in [2.75, 3.05) is 5.73 Å². The van der Waals surface area contributed by atoms with Crippen LogP contribution in [0.5, 0.6) is 0 Å². The van der Waals surface area contributed by atoms with Gasteiger partial charge in [-0.05, 0) is 23.6 Å². The highest BCUT2D eigenvalue weighted by Gasteiger charge is 2.16. The number of nitrogen functional groups attached to an aromatic ring is 1. The van der Waals surface area contributed by atoms with Crippen LogP contribution in [0, 0.1) is 0 Å². The smallest absolute Gasteiger partial charge is 0.270 e. The number of fused-ring (bicyclic) bond motifs is 1. The second-order valence-corrected chi connectivity index (χ2v) is 5.19. The number of anilines is 1. The molecule has 4 rings (SSSR count). The molecule has 0 unspecified atom stereocenters. The quantitative estimate of drug-likeness (QED) is 0.605. The van der Waals surface area contributed by atoms with Crippen LogP contribution >= 0.6 is 11.3 Å². The Labute approximate surface area is 117 Å². The normalized spacial score (nSPS) is 11.2. The molecule has 20 heavy (non-hydrogen) atoms. The number of hydrogen-bond donors (Lipinski definition) is 1. The van der Waals surface area contributed by atoms with Gasteiger partial charge in [0.2, 0.25) is 5.82 Å². The van der Waals surface area contributed by atoms with Crippen molar-refractivity contribution >= 4 is 28.0 Å². The highest BCUT2D eigenvalue weighted by atomic mass is 32.1. The lowest BCUT2D eigenvalue weighted by Gasteiger charge is -1.88. The average molecular weight is 283 g/mol. The molecule has 0 aliphatic rings. The number of benzene rings is 1. The van der Waals surface area contributed by atoms with Gasteiger partial charge in [-0.25, -0.2) is 0 Å². The molecule has 0 amide bonds. The van der Waals surface area contributed by atoms with E-state index in [1.54, 1.807) is 0 Å². The maximum atomic E-state index is 5.84. The molecular formula is C14H9N3O2S. The summed E-state index contributed by atoms with van der Waals surface area (Å²) >= 11 is 1.46. The van der Waals surface area contributed by atoms with E-state index >= 15 is 0 Å². The molecule has 3 heterocycles. The minimum atomic E-state index is 0.410. The number of hydrogen-bond acceptors (Lipinski definition) is 6. The molecule has 0 atom stereocenters. The zero-order chi connectivity index (χ0) is 13.5. The molecule has 0 bridgehead atoms. The minimum absolute atomic E-state index is 0.410. The molecule has 1 aromatic carbocycles. The molecular weight excluding hydrogens is 274 g/mol. The van der Waals surface area contributed by atoms with E-state index in [2.05, 4.69) is 10.1 Å². The third-order valence-corrected chi connectivity index (χ3v) is 3.88. The van der Waals surface area contributed by atoms with Crippen LogP contribution in [0.4, 0.5) is 5.69 Å². The van der Waals surface area contributed by atoms with E-state index in [1.807, 2.05) is 41.8 Å². The standard InChI is InChI=1S/C14H9N3O2S/c15-9-5-6-20-12(9)14-16-13(17-19-14)11-7-8-3-1-2-4-10(8)18-11/h1-7H,15H2. The zero-order valence-corrected chi connectivity index (χ0v) is 11.1. The fourth-order valence-corrected chi connectivity index (χ4v) is 2.74. The molecule has 98 valence electrons. The first kappa shape index (κ1) is 11.2. The van der Waals surface area contributed by atoms with Crippen LogP contribution in [0.1, 0.15) is 0 Å². The number of furan rings is 1. The van der Waals surface area contributed by atoms with Crippen LogP contribution < -0.4 is 5.73 Å². The van der Waals surface area contributed by atoms with Gasteiger partial charge in [0.25, 0.3) is 5.89 Å². The fraction of sp³-hybridized carbons (Fsp3) is 0. The molecule has 0 spiro atoms. The van der Waals surface area contributed by atoms with Crippen LogP contribution in [0.25, 0.3) is 33.3 Å². The summed E-state index contributed by atoms with van der Waals surface area (Å²) in [6.45, 7) is 0. The first-order valence-electron chi connectivity index (χ1n) is 5.97. The van der Waals surface area contributed by atoms with Crippen LogP contribution in [-0.2, 0) is 0 Å². The lowest BCUT2D eigenvalue weighted by molar-refractivity contribution is 0.431. The number of nitrogens with zero attached hydrogens (tertiary/aromatic N) is 2. The number of para-hydroxylation sites is 1. The molecule has 0 saturated heterocycles. The number of nitrogens with two attached hydrogens (primary N) is 1. The third kappa shape index (κ3) is 1.70. The fourth-order valence-electron chi connectivity index (χ4n) is 2.00. The Kier molecular flexibility index (Phi) is 2.37. The summed E-state index contributed by atoms with van der Waals surface area (Å²) < 4.78 is 11.0. The van der Waals surface area contributed by atoms with Crippen molar-refractivity contribution in [3.05, 3.63) is 41.8 Å². The summed E-state index contributed by atoms with van der Waals surface area (Å²) in [7, 11) is 0. The van der Waals surface area contributed by atoms with Gasteiger partial charge in [-0.3, -0.25) is 0 Å². The predicted molar refractivity (Wildman–Crippen MR) is 77.2 cm³/mol. The lowest BCUT2D eigenvalue weighted by Crippen LogP contribution is -1.83. The monoisotopic (exact) mass is 283 g/mol. The minimum Gasteiger partial charge on any atom is -0.453 e. The Balaban J connectivity index is 1.80. The summed E-state index contributed by atoms with van der Waals surface area (Å²) in [6.07, 6.45) is 0. The van der Waals surface area contributed by atoms with Crippen molar-refractivity contribution in [1.82, 2.24) is 10.1 Å². The molecule has 4 aromatic rings. The predicted octanol–water partition coefficient (Wildman–Crippen LogP) is 3.79. The topological polar surface area (TPSA) is 78.1 Å². The zero-order valence-electron chi connectivity index (χ0n) is 10.2. The van der Waals surface area contributed by atoms with Gasteiger partial charge in [-0.1, -0.05) is 23.4 Å². The molecule has 0 aliphatic heterocycles. The van der Waals surface area contributed by atoms with Crippen molar-refractivity contribution in [2.24, 2.45) is 0 Å². The van der Waals surface area contributed by atoms with E-state index in [1.165, 1.54) is 11.3 Å². The first-order chi connectivity index (χ1) is 9.81. The summed E-state index contributed by atoms with van der Waals surface area (Å²) in [5.74, 6) is 1.41. The maximum Gasteiger partial charge on any atom is 0.270 e. The van der Waals surface area contributed by atoms with E-state index < -0.39 is 0 Å². The second kappa shape index (κ2) is 4.21. The van der Waals surface area contributed by atoms with Crippen LogP contribution in [0.3, 0.4) is 0 Å². The van der Waals surface area contributed by atoms with Gasteiger partial charge in [-0.2, -0.15) is 4.98 Å². The van der Waals surface area contributed by atoms with Gasteiger partial charge in [-0.15, -0.1) is 11.3 Å². The van der Waals surface area contributed by atoms with Gasteiger partial charge < -0.3 is 14.7 Å². The van der Waals surface area contributed by atoms with Gasteiger partial charge in [0.15, 0.2) is 5.76 Å². The molecule has 2 N–H and O–H groups in total. The number of rotatable bonds is 2. The van der Waals surface area contributed by atoms with Crippen LogP contribution in [-0.4, -0.2) is 10.1 Å². The summed E-state index contributed by atoms with van der Waals surface area (Å²) in [5.41, 5.74) is 7.27. The summed E-state index contributed by atoms with van der Waals surface area (Å²) in [5, 5.41) is 6.84. The van der Waals surface area contributed by atoms with Gasteiger partial charge >= 0.3 is 0 Å². The highest BCUT2D eigenvalue weighted by molar-refractivity contribution is 7.14.